The Morgan fingerprint density at radius 2 is 1.95 bits per heavy atom. The Morgan fingerprint density at radius 3 is 2.50 bits per heavy atom. The summed E-state index contributed by atoms with van der Waals surface area (Å²) >= 11 is 0. The zero-order valence-electron chi connectivity index (χ0n) is 13.1. The summed E-state index contributed by atoms with van der Waals surface area (Å²) in [6, 6.07) is 5.07. The van der Waals surface area contributed by atoms with E-state index in [0.717, 1.165) is 6.42 Å². The predicted octanol–water partition coefficient (Wildman–Crippen LogP) is 1.44. The Balaban J connectivity index is 2.76. The van der Waals surface area contributed by atoms with E-state index in [0.29, 0.717) is 23.7 Å². The number of carboxylic acids is 1. The largest absolute Gasteiger partial charge is 0.497 e. The fourth-order valence-electron chi connectivity index (χ4n) is 2.03. The maximum absolute atomic E-state index is 12.1. The molecule has 0 aromatic heterocycles. The number of benzene rings is 1. The number of ether oxygens (including phenoxy) is 2. The maximum atomic E-state index is 12.1. The number of amides is 1. The van der Waals surface area contributed by atoms with Gasteiger partial charge in [-0.3, -0.25) is 14.5 Å². The van der Waals surface area contributed by atoms with E-state index in [9.17, 15) is 9.59 Å². The number of methoxy groups -OCH3 is 2. The molecule has 1 amide bonds. The molecule has 0 radical (unpaired) electrons. The average Bonchev–Trinajstić information content (AvgIpc) is 2.46. The first-order valence-electron chi connectivity index (χ1n) is 6.96. The smallest absolute Gasteiger partial charge is 0.317 e. The number of hydrogen-bond acceptors (Lipinski definition) is 5. The summed E-state index contributed by atoms with van der Waals surface area (Å²) in [4.78, 5) is 24.5. The van der Waals surface area contributed by atoms with E-state index < -0.39 is 5.97 Å². The van der Waals surface area contributed by atoms with Crippen molar-refractivity contribution in [3.8, 4) is 11.5 Å². The van der Waals surface area contributed by atoms with E-state index in [2.05, 4.69) is 5.32 Å². The van der Waals surface area contributed by atoms with Gasteiger partial charge >= 0.3 is 5.97 Å². The van der Waals surface area contributed by atoms with Crippen molar-refractivity contribution < 1.29 is 24.2 Å². The molecule has 0 aliphatic rings. The Kier molecular flexibility index (Phi) is 7.18. The van der Waals surface area contributed by atoms with Crippen LogP contribution in [0.25, 0.3) is 0 Å². The number of carboxylic acid groups (broad SMARTS) is 1. The fourth-order valence-corrected chi connectivity index (χ4v) is 2.03. The summed E-state index contributed by atoms with van der Waals surface area (Å²) in [5, 5.41) is 11.6. The van der Waals surface area contributed by atoms with Crippen molar-refractivity contribution in [3.05, 3.63) is 18.2 Å². The summed E-state index contributed by atoms with van der Waals surface area (Å²) in [6.07, 6.45) is 0.767. The van der Waals surface area contributed by atoms with Gasteiger partial charge in [-0.2, -0.15) is 0 Å². The van der Waals surface area contributed by atoms with Crippen LogP contribution in [-0.4, -0.2) is 55.7 Å². The van der Waals surface area contributed by atoms with Gasteiger partial charge in [-0.1, -0.05) is 6.92 Å². The first kappa shape index (κ1) is 17.8. The molecule has 7 nitrogen and oxygen atoms in total. The summed E-state index contributed by atoms with van der Waals surface area (Å²) in [6.45, 7) is 2.30. The molecule has 1 aromatic rings. The highest BCUT2D eigenvalue weighted by atomic mass is 16.5. The molecule has 0 unspecified atom stereocenters. The number of carbonyl (C=O) groups is 2. The number of nitrogens with one attached hydrogen (secondary N) is 1. The van der Waals surface area contributed by atoms with Crippen molar-refractivity contribution in [1.29, 1.82) is 0 Å². The van der Waals surface area contributed by atoms with Crippen LogP contribution in [0.5, 0.6) is 11.5 Å². The van der Waals surface area contributed by atoms with Crippen LogP contribution < -0.4 is 14.8 Å². The van der Waals surface area contributed by atoms with Crippen molar-refractivity contribution >= 4 is 17.6 Å². The van der Waals surface area contributed by atoms with Gasteiger partial charge < -0.3 is 19.9 Å². The molecule has 0 saturated carbocycles. The lowest BCUT2D eigenvalue weighted by Gasteiger charge is -2.19. The average molecular weight is 310 g/mol. The predicted molar refractivity (Wildman–Crippen MR) is 82.5 cm³/mol. The number of hydrogen-bond donors (Lipinski definition) is 2. The van der Waals surface area contributed by atoms with Gasteiger partial charge in [0.25, 0.3) is 0 Å². The van der Waals surface area contributed by atoms with Crippen LogP contribution in [0.1, 0.15) is 13.3 Å². The zero-order chi connectivity index (χ0) is 16.5. The summed E-state index contributed by atoms with van der Waals surface area (Å²) < 4.78 is 10.3. The molecule has 0 saturated heterocycles. The molecular weight excluding hydrogens is 288 g/mol. The second-order valence-electron chi connectivity index (χ2n) is 4.72. The van der Waals surface area contributed by atoms with Gasteiger partial charge in [0, 0.05) is 6.07 Å². The Bertz CT molecular complexity index is 519. The molecule has 0 aliphatic heterocycles. The van der Waals surface area contributed by atoms with E-state index in [1.54, 1.807) is 23.1 Å². The van der Waals surface area contributed by atoms with Gasteiger partial charge in [0.2, 0.25) is 5.91 Å². The van der Waals surface area contributed by atoms with Crippen molar-refractivity contribution in [2.24, 2.45) is 0 Å². The molecule has 1 rings (SSSR count). The van der Waals surface area contributed by atoms with Crippen LogP contribution in [0.3, 0.4) is 0 Å². The third kappa shape index (κ3) is 5.61. The van der Waals surface area contributed by atoms with E-state index in [1.807, 2.05) is 6.92 Å². The van der Waals surface area contributed by atoms with Crippen molar-refractivity contribution in [2.45, 2.75) is 13.3 Å². The highest BCUT2D eigenvalue weighted by molar-refractivity contribution is 5.94. The maximum Gasteiger partial charge on any atom is 0.317 e. The lowest BCUT2D eigenvalue weighted by molar-refractivity contribution is -0.138. The lowest BCUT2D eigenvalue weighted by atomic mass is 10.2. The first-order chi connectivity index (χ1) is 10.5. The number of aliphatic carboxylic acids is 1. The molecule has 0 heterocycles. The molecule has 0 bridgehead atoms. The van der Waals surface area contributed by atoms with Crippen LogP contribution >= 0.6 is 0 Å². The fraction of sp³-hybridized carbons (Fsp3) is 0.467. The van der Waals surface area contributed by atoms with Gasteiger partial charge in [-0.05, 0) is 25.1 Å². The van der Waals surface area contributed by atoms with Crippen molar-refractivity contribution in [2.75, 3.05) is 39.2 Å². The molecular formula is C15H22N2O5. The highest BCUT2D eigenvalue weighted by Crippen LogP contribution is 2.28. The highest BCUT2D eigenvalue weighted by Gasteiger charge is 2.15. The minimum absolute atomic E-state index is 0.000500. The molecule has 0 atom stereocenters. The van der Waals surface area contributed by atoms with Gasteiger partial charge in [0.1, 0.15) is 11.5 Å². The summed E-state index contributed by atoms with van der Waals surface area (Å²) in [5.74, 6) is -0.164. The molecule has 0 aliphatic carbocycles. The second kappa shape index (κ2) is 8.89. The second-order valence-corrected chi connectivity index (χ2v) is 4.72. The van der Waals surface area contributed by atoms with E-state index in [1.165, 1.54) is 14.2 Å². The molecule has 1 aromatic carbocycles. The SMILES string of the molecule is CCCN(CC(=O)O)CC(=O)Nc1cc(OC)ccc1OC. The topological polar surface area (TPSA) is 88.1 Å². The third-order valence-corrected chi connectivity index (χ3v) is 2.95. The van der Waals surface area contributed by atoms with Crippen molar-refractivity contribution in [3.63, 3.8) is 0 Å². The van der Waals surface area contributed by atoms with Gasteiger partial charge in [0.05, 0.1) is 33.0 Å². The van der Waals surface area contributed by atoms with Crippen molar-refractivity contribution in [1.82, 2.24) is 4.90 Å². The molecule has 7 heteroatoms. The van der Waals surface area contributed by atoms with Crippen LogP contribution in [0.4, 0.5) is 5.69 Å². The van der Waals surface area contributed by atoms with Crippen LogP contribution in [0.15, 0.2) is 18.2 Å². The normalized spacial score (nSPS) is 10.4. The van der Waals surface area contributed by atoms with E-state index in [4.69, 9.17) is 14.6 Å². The molecule has 2 N–H and O–H groups in total. The van der Waals surface area contributed by atoms with Crippen LogP contribution in [0.2, 0.25) is 0 Å². The molecule has 122 valence electrons. The third-order valence-electron chi connectivity index (χ3n) is 2.95. The number of anilines is 1. The Hall–Kier alpha value is -2.28. The zero-order valence-corrected chi connectivity index (χ0v) is 13.1. The van der Waals surface area contributed by atoms with Gasteiger partial charge in [-0.15, -0.1) is 0 Å². The lowest BCUT2D eigenvalue weighted by Crippen LogP contribution is -2.37. The summed E-state index contributed by atoms with van der Waals surface area (Å²) in [5.41, 5.74) is 0.485. The van der Waals surface area contributed by atoms with Gasteiger partial charge in [-0.25, -0.2) is 0 Å². The van der Waals surface area contributed by atoms with E-state index >= 15 is 0 Å². The molecule has 22 heavy (non-hydrogen) atoms. The quantitative estimate of drug-likeness (QED) is 0.717. The minimum atomic E-state index is -0.958. The molecule has 0 spiro atoms. The summed E-state index contributed by atoms with van der Waals surface area (Å²) in [7, 11) is 3.04. The number of nitrogens with zero attached hydrogens (tertiary/aromatic N) is 1. The van der Waals surface area contributed by atoms with Gasteiger partial charge in [0.15, 0.2) is 0 Å². The van der Waals surface area contributed by atoms with Crippen LogP contribution in [0, 0.1) is 0 Å². The Labute approximate surface area is 129 Å². The van der Waals surface area contributed by atoms with E-state index in [-0.39, 0.29) is 19.0 Å². The minimum Gasteiger partial charge on any atom is -0.497 e. The first-order valence-corrected chi connectivity index (χ1v) is 6.96. The molecule has 0 fully saturated rings. The standard InChI is InChI=1S/C15H22N2O5/c1-4-7-17(10-15(19)20)9-14(18)16-12-8-11(21-2)5-6-13(12)22-3/h5-6,8H,4,7,9-10H2,1-3H3,(H,16,18)(H,19,20). The monoisotopic (exact) mass is 310 g/mol. The number of carbonyl (C=O) groups excluding carboxylic acids is 1. The number of rotatable bonds is 9. The van der Waals surface area contributed by atoms with Crippen LogP contribution in [-0.2, 0) is 9.59 Å². The Morgan fingerprint density at radius 1 is 1.23 bits per heavy atom.